The summed E-state index contributed by atoms with van der Waals surface area (Å²) in [5.41, 5.74) is 1.70. The maximum Gasteiger partial charge on any atom is 0.228 e. The van der Waals surface area contributed by atoms with Gasteiger partial charge in [-0.05, 0) is 50.2 Å². The normalized spacial score (nSPS) is 23.4. The Labute approximate surface area is 192 Å². The van der Waals surface area contributed by atoms with Crippen molar-refractivity contribution < 1.29 is 5.11 Å². The number of halogens is 1. The molecule has 1 aliphatic carbocycles. The third-order valence-electron chi connectivity index (χ3n) is 6.73. The summed E-state index contributed by atoms with van der Waals surface area (Å²) >= 11 is 8.37. The van der Waals surface area contributed by atoms with Crippen molar-refractivity contribution in [1.82, 2.24) is 15.0 Å². The Morgan fingerprint density at radius 1 is 1.13 bits per heavy atom. The van der Waals surface area contributed by atoms with E-state index in [0.717, 1.165) is 46.1 Å². The molecule has 6 nitrogen and oxygen atoms in total. The number of aliphatic hydroxyl groups excluding tert-OH is 1. The molecule has 4 atom stereocenters. The largest absolute Gasteiger partial charge is 0.396 e. The molecular formula is C23H30ClN5OS. The summed E-state index contributed by atoms with van der Waals surface area (Å²) in [6.45, 7) is 10.4. The van der Waals surface area contributed by atoms with Crippen molar-refractivity contribution in [1.29, 1.82) is 0 Å². The minimum atomic E-state index is 0.204. The van der Waals surface area contributed by atoms with Crippen molar-refractivity contribution in [3.05, 3.63) is 29.4 Å². The number of hydrogen-bond acceptors (Lipinski definition) is 7. The Hall–Kier alpha value is -1.96. The van der Waals surface area contributed by atoms with Crippen molar-refractivity contribution in [3.8, 4) is 10.6 Å². The molecule has 0 bridgehead atoms. The second kappa shape index (κ2) is 9.27. The third-order valence-corrected chi connectivity index (χ3v) is 8.06. The van der Waals surface area contributed by atoms with Crippen LogP contribution in [-0.2, 0) is 0 Å². The summed E-state index contributed by atoms with van der Waals surface area (Å²) in [6, 6.07) is 8.28. The molecule has 0 aliphatic heterocycles. The molecule has 1 saturated carbocycles. The number of nitrogens with one attached hydrogen (secondary N) is 1. The zero-order valence-electron chi connectivity index (χ0n) is 18.5. The maximum atomic E-state index is 9.79. The summed E-state index contributed by atoms with van der Waals surface area (Å²) in [4.78, 5) is 16.5. The average Bonchev–Trinajstić information content (AvgIpc) is 3.30. The number of thiazole rings is 1. The van der Waals surface area contributed by atoms with Crippen LogP contribution in [0.1, 0.15) is 34.1 Å². The third kappa shape index (κ3) is 4.23. The highest BCUT2D eigenvalue weighted by Crippen LogP contribution is 2.42. The van der Waals surface area contributed by atoms with E-state index in [0.29, 0.717) is 22.9 Å². The molecule has 31 heavy (non-hydrogen) atoms. The smallest absolute Gasteiger partial charge is 0.228 e. The first-order chi connectivity index (χ1) is 15.0. The molecule has 0 spiro atoms. The Morgan fingerprint density at radius 3 is 2.52 bits per heavy atom. The molecule has 0 radical (unpaired) electrons. The predicted molar refractivity (Wildman–Crippen MR) is 130 cm³/mol. The predicted octanol–water partition coefficient (Wildman–Crippen LogP) is 5.32. The van der Waals surface area contributed by atoms with Crippen molar-refractivity contribution in [2.75, 3.05) is 29.9 Å². The van der Waals surface area contributed by atoms with Gasteiger partial charge in [-0.3, -0.25) is 0 Å². The van der Waals surface area contributed by atoms with Gasteiger partial charge in [-0.2, -0.15) is 4.98 Å². The van der Waals surface area contributed by atoms with E-state index >= 15 is 0 Å². The number of rotatable bonds is 7. The molecule has 0 amide bonds. The highest BCUT2D eigenvalue weighted by atomic mass is 35.5. The Morgan fingerprint density at radius 2 is 1.87 bits per heavy atom. The van der Waals surface area contributed by atoms with Gasteiger partial charge in [0.25, 0.3) is 0 Å². The molecule has 2 heterocycles. The summed E-state index contributed by atoms with van der Waals surface area (Å²) in [5, 5.41) is 14.7. The molecule has 2 aromatic heterocycles. The quantitative estimate of drug-likeness (QED) is 0.466. The number of aromatic nitrogens is 3. The van der Waals surface area contributed by atoms with Gasteiger partial charge in [-0.1, -0.05) is 37.6 Å². The standard InChI is InChI=1S/C23H30ClN5OS/c1-5-29(6-2)23-27-20(24)19(22-26-16-9-7-8-10-18(16)31-22)21(28-23)25-17-11-15(12-30)13(3)14(17)4/h7-10,13-15,17,30H,5-6,11-12H2,1-4H3,(H,25,27,28)/t13-,14+,15+,17?/m0/s1. The zero-order valence-corrected chi connectivity index (χ0v) is 20.0. The van der Waals surface area contributed by atoms with Gasteiger partial charge >= 0.3 is 0 Å². The van der Waals surface area contributed by atoms with E-state index in [1.165, 1.54) is 0 Å². The number of para-hydroxylation sites is 1. The molecule has 8 heteroatoms. The molecule has 1 fully saturated rings. The van der Waals surface area contributed by atoms with Crippen LogP contribution >= 0.6 is 22.9 Å². The molecule has 166 valence electrons. The first-order valence-corrected chi connectivity index (χ1v) is 12.2. The van der Waals surface area contributed by atoms with Gasteiger partial charge in [0.2, 0.25) is 5.95 Å². The number of benzene rings is 1. The first kappa shape index (κ1) is 22.2. The van der Waals surface area contributed by atoms with E-state index in [-0.39, 0.29) is 18.6 Å². The van der Waals surface area contributed by atoms with Gasteiger partial charge in [0, 0.05) is 25.7 Å². The Kier molecular flexibility index (Phi) is 6.65. The van der Waals surface area contributed by atoms with Crippen LogP contribution in [0.25, 0.3) is 20.8 Å². The molecular weight excluding hydrogens is 430 g/mol. The number of fused-ring (bicyclic) bond motifs is 1. The summed E-state index contributed by atoms with van der Waals surface area (Å²) in [7, 11) is 0. The second-order valence-electron chi connectivity index (χ2n) is 8.34. The van der Waals surface area contributed by atoms with Crippen molar-refractivity contribution in [2.24, 2.45) is 17.8 Å². The van der Waals surface area contributed by atoms with Gasteiger partial charge in [-0.25, -0.2) is 9.97 Å². The minimum absolute atomic E-state index is 0.204. The fourth-order valence-corrected chi connectivity index (χ4v) is 5.82. The zero-order chi connectivity index (χ0) is 22.1. The lowest BCUT2D eigenvalue weighted by atomic mass is 9.92. The lowest BCUT2D eigenvalue weighted by Crippen LogP contribution is -2.27. The van der Waals surface area contributed by atoms with Crippen LogP contribution in [-0.4, -0.2) is 45.8 Å². The van der Waals surface area contributed by atoms with Crippen LogP contribution in [0.15, 0.2) is 24.3 Å². The van der Waals surface area contributed by atoms with Crippen molar-refractivity contribution in [2.45, 2.75) is 40.2 Å². The summed E-state index contributed by atoms with van der Waals surface area (Å²) < 4.78 is 1.11. The monoisotopic (exact) mass is 459 g/mol. The maximum absolute atomic E-state index is 9.79. The fourth-order valence-electron chi connectivity index (χ4n) is 4.50. The van der Waals surface area contributed by atoms with Crippen LogP contribution in [0.4, 0.5) is 11.8 Å². The molecule has 3 aromatic rings. The highest BCUT2D eigenvalue weighted by Gasteiger charge is 2.38. The Bertz CT molecular complexity index is 1020. The topological polar surface area (TPSA) is 74.2 Å². The molecule has 1 aromatic carbocycles. The molecule has 1 aliphatic rings. The van der Waals surface area contributed by atoms with Crippen molar-refractivity contribution >= 4 is 44.9 Å². The van der Waals surface area contributed by atoms with Crippen LogP contribution in [0.2, 0.25) is 5.15 Å². The SMILES string of the molecule is CCN(CC)c1nc(Cl)c(-c2nc3ccccc3s2)c(NC2C[C@H](CO)[C@@H](C)[C@H]2C)n1. The van der Waals surface area contributed by atoms with E-state index in [2.05, 4.69) is 49.0 Å². The first-order valence-electron chi connectivity index (χ1n) is 11.0. The lowest BCUT2D eigenvalue weighted by molar-refractivity contribution is 0.191. The number of anilines is 2. The Balaban J connectivity index is 1.80. The van der Waals surface area contributed by atoms with Gasteiger partial charge in [0.1, 0.15) is 16.0 Å². The minimum Gasteiger partial charge on any atom is -0.396 e. The highest BCUT2D eigenvalue weighted by molar-refractivity contribution is 7.21. The van der Waals surface area contributed by atoms with E-state index < -0.39 is 0 Å². The van der Waals surface area contributed by atoms with E-state index in [1.54, 1.807) is 11.3 Å². The molecule has 2 N–H and O–H groups in total. The van der Waals surface area contributed by atoms with Crippen LogP contribution in [0, 0.1) is 17.8 Å². The van der Waals surface area contributed by atoms with E-state index in [4.69, 9.17) is 21.6 Å². The van der Waals surface area contributed by atoms with Gasteiger partial charge in [0.15, 0.2) is 0 Å². The molecule has 1 unspecified atom stereocenters. The van der Waals surface area contributed by atoms with Crippen LogP contribution < -0.4 is 10.2 Å². The van der Waals surface area contributed by atoms with Crippen molar-refractivity contribution in [3.63, 3.8) is 0 Å². The van der Waals surface area contributed by atoms with Gasteiger partial charge < -0.3 is 15.3 Å². The average molecular weight is 460 g/mol. The van der Waals surface area contributed by atoms with Crippen LogP contribution in [0.5, 0.6) is 0 Å². The summed E-state index contributed by atoms with van der Waals surface area (Å²) in [6.07, 6.45) is 0.903. The van der Waals surface area contributed by atoms with E-state index in [9.17, 15) is 5.11 Å². The van der Waals surface area contributed by atoms with Gasteiger partial charge in [0.05, 0.1) is 15.8 Å². The van der Waals surface area contributed by atoms with E-state index in [1.807, 2.05) is 18.2 Å². The number of nitrogens with zero attached hydrogens (tertiary/aromatic N) is 4. The second-order valence-corrected chi connectivity index (χ2v) is 9.73. The molecule has 4 rings (SSSR count). The summed E-state index contributed by atoms with van der Waals surface area (Å²) in [5.74, 6) is 2.49. The lowest BCUT2D eigenvalue weighted by Gasteiger charge is -2.24. The molecule has 0 saturated heterocycles. The number of aliphatic hydroxyl groups is 1. The van der Waals surface area contributed by atoms with Crippen LogP contribution in [0.3, 0.4) is 0 Å². The number of hydrogen-bond donors (Lipinski definition) is 2. The fraction of sp³-hybridized carbons (Fsp3) is 0.522. The van der Waals surface area contributed by atoms with Gasteiger partial charge in [-0.15, -0.1) is 11.3 Å².